The minimum atomic E-state index is -0.0422. The molecule has 1 heterocycles. The molecular formula is C12H17NO3. The predicted octanol–water partition coefficient (Wildman–Crippen LogP) is 0.972. The SMILES string of the molecule is Oc1cccc(CCN2CCOCC2)c1O. The van der Waals surface area contributed by atoms with Gasteiger partial charge in [-0.05, 0) is 18.1 Å². The van der Waals surface area contributed by atoms with E-state index in [1.54, 1.807) is 6.07 Å². The first kappa shape index (κ1) is 11.2. The van der Waals surface area contributed by atoms with Crippen LogP contribution in [0, 0.1) is 0 Å². The molecule has 88 valence electrons. The van der Waals surface area contributed by atoms with Crippen LogP contribution < -0.4 is 0 Å². The summed E-state index contributed by atoms with van der Waals surface area (Å²) in [5.74, 6) is -0.0322. The number of benzene rings is 1. The summed E-state index contributed by atoms with van der Waals surface area (Å²) >= 11 is 0. The molecule has 0 saturated carbocycles. The lowest BCUT2D eigenvalue weighted by Gasteiger charge is -2.26. The molecule has 0 aromatic heterocycles. The Bertz CT molecular complexity index is 348. The number of phenols is 2. The molecule has 0 amide bonds. The van der Waals surface area contributed by atoms with Gasteiger partial charge in [0.2, 0.25) is 0 Å². The van der Waals surface area contributed by atoms with Gasteiger partial charge < -0.3 is 14.9 Å². The Labute approximate surface area is 95.1 Å². The zero-order chi connectivity index (χ0) is 11.4. The molecule has 16 heavy (non-hydrogen) atoms. The Balaban J connectivity index is 1.91. The van der Waals surface area contributed by atoms with Crippen LogP contribution in [-0.4, -0.2) is 48.0 Å². The van der Waals surface area contributed by atoms with Crippen molar-refractivity contribution < 1.29 is 14.9 Å². The van der Waals surface area contributed by atoms with Crippen molar-refractivity contribution in [2.24, 2.45) is 0 Å². The second-order valence-electron chi connectivity index (χ2n) is 3.99. The predicted molar refractivity (Wildman–Crippen MR) is 60.7 cm³/mol. The first-order valence-electron chi connectivity index (χ1n) is 5.57. The third-order valence-electron chi connectivity index (χ3n) is 2.90. The summed E-state index contributed by atoms with van der Waals surface area (Å²) in [5.41, 5.74) is 0.798. The van der Waals surface area contributed by atoms with E-state index < -0.39 is 0 Å². The normalized spacial score (nSPS) is 17.5. The monoisotopic (exact) mass is 223 g/mol. The zero-order valence-electron chi connectivity index (χ0n) is 9.22. The number of phenolic OH excluding ortho intramolecular Hbond substituents is 2. The molecule has 0 aliphatic carbocycles. The van der Waals surface area contributed by atoms with Crippen LogP contribution in [0.4, 0.5) is 0 Å². The maximum atomic E-state index is 9.63. The number of hydrogen-bond acceptors (Lipinski definition) is 4. The minimum absolute atomic E-state index is 0.00996. The van der Waals surface area contributed by atoms with Crippen LogP contribution in [0.25, 0.3) is 0 Å². The minimum Gasteiger partial charge on any atom is -0.504 e. The van der Waals surface area contributed by atoms with Crippen LogP contribution in [0.1, 0.15) is 5.56 Å². The number of aromatic hydroxyl groups is 2. The fourth-order valence-corrected chi connectivity index (χ4v) is 1.88. The highest BCUT2D eigenvalue weighted by molar-refractivity contribution is 5.44. The summed E-state index contributed by atoms with van der Waals surface area (Å²) in [6.07, 6.45) is 0.750. The van der Waals surface area contributed by atoms with Gasteiger partial charge in [-0.25, -0.2) is 0 Å². The summed E-state index contributed by atoms with van der Waals surface area (Å²) in [6, 6.07) is 5.09. The Morgan fingerprint density at radius 3 is 2.69 bits per heavy atom. The van der Waals surface area contributed by atoms with E-state index in [1.807, 2.05) is 6.07 Å². The van der Waals surface area contributed by atoms with Crippen LogP contribution in [0.15, 0.2) is 18.2 Å². The van der Waals surface area contributed by atoms with E-state index in [2.05, 4.69) is 4.90 Å². The van der Waals surface area contributed by atoms with Gasteiger partial charge >= 0.3 is 0 Å². The molecule has 4 heteroatoms. The second-order valence-corrected chi connectivity index (χ2v) is 3.99. The van der Waals surface area contributed by atoms with Gasteiger partial charge in [0.15, 0.2) is 11.5 Å². The molecule has 1 aliphatic heterocycles. The topological polar surface area (TPSA) is 52.9 Å². The summed E-state index contributed by atoms with van der Waals surface area (Å²) < 4.78 is 5.26. The molecule has 2 N–H and O–H groups in total. The molecule has 1 saturated heterocycles. The van der Waals surface area contributed by atoms with Crippen molar-refractivity contribution in [2.75, 3.05) is 32.8 Å². The van der Waals surface area contributed by atoms with Crippen LogP contribution in [0.3, 0.4) is 0 Å². The lowest BCUT2D eigenvalue weighted by Crippen LogP contribution is -2.37. The highest BCUT2D eigenvalue weighted by Crippen LogP contribution is 2.28. The van der Waals surface area contributed by atoms with Crippen LogP contribution >= 0.6 is 0 Å². The quantitative estimate of drug-likeness (QED) is 0.750. The summed E-state index contributed by atoms with van der Waals surface area (Å²) in [4.78, 5) is 2.30. The maximum Gasteiger partial charge on any atom is 0.160 e. The average Bonchev–Trinajstić information content (AvgIpc) is 2.32. The first-order chi connectivity index (χ1) is 7.77. The molecule has 0 bridgehead atoms. The van der Waals surface area contributed by atoms with Gasteiger partial charge in [-0.15, -0.1) is 0 Å². The highest BCUT2D eigenvalue weighted by Gasteiger charge is 2.11. The number of hydrogen-bond donors (Lipinski definition) is 2. The van der Waals surface area contributed by atoms with E-state index in [0.717, 1.165) is 44.8 Å². The Morgan fingerprint density at radius 2 is 1.94 bits per heavy atom. The molecule has 0 unspecified atom stereocenters. The van der Waals surface area contributed by atoms with E-state index >= 15 is 0 Å². The third-order valence-corrected chi connectivity index (χ3v) is 2.90. The van der Waals surface area contributed by atoms with Gasteiger partial charge in [0.05, 0.1) is 13.2 Å². The number of para-hydroxylation sites is 1. The average molecular weight is 223 g/mol. The molecule has 1 aliphatic rings. The summed E-state index contributed by atoms with van der Waals surface area (Å²) in [5, 5.41) is 19.0. The van der Waals surface area contributed by atoms with Crippen molar-refractivity contribution in [1.82, 2.24) is 4.90 Å². The van der Waals surface area contributed by atoms with Crippen molar-refractivity contribution in [1.29, 1.82) is 0 Å². The van der Waals surface area contributed by atoms with Crippen LogP contribution in [0.2, 0.25) is 0 Å². The van der Waals surface area contributed by atoms with Gasteiger partial charge in [0, 0.05) is 19.6 Å². The van der Waals surface area contributed by atoms with Gasteiger partial charge in [0.1, 0.15) is 0 Å². The number of rotatable bonds is 3. The molecule has 0 radical (unpaired) electrons. The Morgan fingerprint density at radius 1 is 1.19 bits per heavy atom. The Kier molecular flexibility index (Phi) is 3.64. The molecule has 1 aromatic carbocycles. The molecule has 0 spiro atoms. The van der Waals surface area contributed by atoms with Gasteiger partial charge in [-0.3, -0.25) is 4.90 Å². The van der Waals surface area contributed by atoms with Crippen molar-refractivity contribution in [3.63, 3.8) is 0 Å². The van der Waals surface area contributed by atoms with Crippen molar-refractivity contribution in [3.05, 3.63) is 23.8 Å². The second kappa shape index (κ2) is 5.18. The largest absolute Gasteiger partial charge is 0.504 e. The van der Waals surface area contributed by atoms with Gasteiger partial charge in [-0.1, -0.05) is 12.1 Å². The van der Waals surface area contributed by atoms with Crippen LogP contribution in [-0.2, 0) is 11.2 Å². The first-order valence-corrected chi connectivity index (χ1v) is 5.57. The van der Waals surface area contributed by atoms with E-state index in [1.165, 1.54) is 6.07 Å². The fraction of sp³-hybridized carbons (Fsp3) is 0.500. The Hall–Kier alpha value is -1.26. The van der Waals surface area contributed by atoms with Gasteiger partial charge in [-0.2, -0.15) is 0 Å². The van der Waals surface area contributed by atoms with Crippen molar-refractivity contribution in [2.45, 2.75) is 6.42 Å². The summed E-state index contributed by atoms with van der Waals surface area (Å²) in [7, 11) is 0. The molecular weight excluding hydrogens is 206 g/mol. The lowest BCUT2D eigenvalue weighted by molar-refractivity contribution is 0.0384. The number of ether oxygens (including phenoxy) is 1. The van der Waals surface area contributed by atoms with Crippen molar-refractivity contribution in [3.8, 4) is 11.5 Å². The standard InChI is InChI=1S/C12H17NO3/c14-11-3-1-2-10(12(11)15)4-5-13-6-8-16-9-7-13/h1-3,14-15H,4-9H2. The number of nitrogens with zero attached hydrogens (tertiary/aromatic N) is 1. The molecule has 0 atom stereocenters. The van der Waals surface area contributed by atoms with E-state index in [0.29, 0.717) is 0 Å². The molecule has 4 nitrogen and oxygen atoms in total. The van der Waals surface area contributed by atoms with E-state index in [9.17, 15) is 10.2 Å². The smallest absolute Gasteiger partial charge is 0.160 e. The lowest BCUT2D eigenvalue weighted by atomic mass is 10.1. The van der Waals surface area contributed by atoms with Gasteiger partial charge in [0.25, 0.3) is 0 Å². The molecule has 1 aromatic rings. The van der Waals surface area contributed by atoms with E-state index in [-0.39, 0.29) is 11.5 Å². The fourth-order valence-electron chi connectivity index (χ4n) is 1.88. The third kappa shape index (κ3) is 2.65. The van der Waals surface area contributed by atoms with Crippen LogP contribution in [0.5, 0.6) is 11.5 Å². The highest BCUT2D eigenvalue weighted by atomic mass is 16.5. The summed E-state index contributed by atoms with van der Waals surface area (Å²) in [6.45, 7) is 4.34. The molecule has 1 fully saturated rings. The maximum absolute atomic E-state index is 9.63. The van der Waals surface area contributed by atoms with Crippen molar-refractivity contribution >= 4 is 0 Å². The molecule has 2 rings (SSSR count). The van der Waals surface area contributed by atoms with E-state index in [4.69, 9.17) is 4.74 Å². The number of morpholine rings is 1. The zero-order valence-corrected chi connectivity index (χ0v) is 9.22.